The molecule has 2 rings (SSSR count). The summed E-state index contributed by atoms with van der Waals surface area (Å²) in [6.45, 7) is -1.23. The van der Waals surface area contributed by atoms with Gasteiger partial charge in [0, 0.05) is 5.02 Å². The van der Waals surface area contributed by atoms with E-state index in [4.69, 9.17) is 11.6 Å². The van der Waals surface area contributed by atoms with Gasteiger partial charge < -0.3 is 5.11 Å². The van der Waals surface area contributed by atoms with Gasteiger partial charge >= 0.3 is 6.18 Å². The first kappa shape index (κ1) is 19.7. The number of sulfonamides is 1. The van der Waals surface area contributed by atoms with E-state index in [1.807, 2.05) is 4.72 Å². The van der Waals surface area contributed by atoms with Crippen molar-refractivity contribution < 1.29 is 26.7 Å². The molecule has 2 N–H and O–H groups in total. The van der Waals surface area contributed by atoms with Gasteiger partial charge in [0.1, 0.15) is 0 Å². The zero-order valence-electron chi connectivity index (χ0n) is 12.8. The molecule has 0 aliphatic heterocycles. The van der Waals surface area contributed by atoms with Crippen molar-refractivity contribution in [3.63, 3.8) is 0 Å². The summed E-state index contributed by atoms with van der Waals surface area (Å²) in [7, 11) is -4.12. The lowest BCUT2D eigenvalue weighted by atomic mass is 9.93. The van der Waals surface area contributed by atoms with Gasteiger partial charge in [0.15, 0.2) is 5.60 Å². The Bertz CT molecular complexity index is 828. The minimum absolute atomic E-state index is 0.309. The molecular weight excluding hydrogens is 379 g/mol. The number of hydrogen-bond acceptors (Lipinski definition) is 3. The second-order valence-electron chi connectivity index (χ2n) is 5.43. The molecule has 9 heteroatoms. The van der Waals surface area contributed by atoms with Crippen LogP contribution in [0.25, 0.3) is 0 Å². The smallest absolute Gasteiger partial charge is 0.375 e. The summed E-state index contributed by atoms with van der Waals surface area (Å²) in [6, 6.07) is 12.3. The quantitative estimate of drug-likeness (QED) is 0.792. The van der Waals surface area contributed by atoms with Crippen LogP contribution in [-0.4, -0.2) is 26.2 Å². The van der Waals surface area contributed by atoms with Crippen LogP contribution in [0.15, 0.2) is 54.6 Å². The Morgan fingerprint density at radius 1 is 1.04 bits per heavy atom. The molecule has 2 aromatic carbocycles. The first-order valence-electron chi connectivity index (χ1n) is 7.10. The Labute approximate surface area is 148 Å². The number of rotatable bonds is 6. The molecule has 0 bridgehead atoms. The highest BCUT2D eigenvalue weighted by Crippen LogP contribution is 2.38. The molecule has 0 saturated carbocycles. The summed E-state index contributed by atoms with van der Waals surface area (Å²) in [5.41, 5.74) is -3.47. The molecule has 0 heterocycles. The van der Waals surface area contributed by atoms with Gasteiger partial charge in [-0.1, -0.05) is 54.1 Å². The van der Waals surface area contributed by atoms with Crippen molar-refractivity contribution >= 4 is 21.6 Å². The van der Waals surface area contributed by atoms with E-state index in [1.54, 1.807) is 6.07 Å². The van der Waals surface area contributed by atoms with E-state index in [0.717, 1.165) is 12.1 Å². The summed E-state index contributed by atoms with van der Waals surface area (Å²) in [5, 5.41) is 10.4. The third-order valence-corrected chi connectivity index (χ3v) is 5.05. The normalized spacial score (nSPS) is 14.9. The zero-order valence-corrected chi connectivity index (χ0v) is 14.4. The van der Waals surface area contributed by atoms with E-state index in [1.165, 1.54) is 36.4 Å². The van der Waals surface area contributed by atoms with Crippen LogP contribution >= 0.6 is 11.6 Å². The highest BCUT2D eigenvalue weighted by Gasteiger charge is 2.55. The van der Waals surface area contributed by atoms with Crippen molar-refractivity contribution in [2.45, 2.75) is 17.5 Å². The van der Waals surface area contributed by atoms with Gasteiger partial charge in [0.05, 0.1) is 12.3 Å². The fourth-order valence-electron chi connectivity index (χ4n) is 2.19. The molecule has 1 atom stereocenters. The van der Waals surface area contributed by atoms with Crippen molar-refractivity contribution in [1.82, 2.24) is 4.72 Å². The van der Waals surface area contributed by atoms with Crippen LogP contribution in [0.2, 0.25) is 5.02 Å². The molecule has 0 unspecified atom stereocenters. The third-order valence-electron chi connectivity index (χ3n) is 3.51. The second kappa shape index (κ2) is 7.33. The van der Waals surface area contributed by atoms with E-state index in [-0.39, 0.29) is 0 Å². The predicted octanol–water partition coefficient (Wildman–Crippen LogP) is 3.21. The zero-order chi connectivity index (χ0) is 18.7. The van der Waals surface area contributed by atoms with Crippen LogP contribution < -0.4 is 4.72 Å². The summed E-state index contributed by atoms with van der Waals surface area (Å²) < 4.78 is 66.0. The van der Waals surface area contributed by atoms with Crippen molar-refractivity contribution in [1.29, 1.82) is 0 Å². The number of benzene rings is 2. The summed E-state index contributed by atoms with van der Waals surface area (Å²) in [6.07, 6.45) is -5.06. The first-order chi connectivity index (χ1) is 11.5. The molecule has 25 heavy (non-hydrogen) atoms. The number of nitrogens with one attached hydrogen (secondary N) is 1. The van der Waals surface area contributed by atoms with E-state index in [2.05, 4.69) is 0 Å². The Balaban J connectivity index is 2.20. The topological polar surface area (TPSA) is 66.4 Å². The molecule has 0 aliphatic rings. The molecule has 4 nitrogen and oxygen atoms in total. The number of halogens is 4. The molecule has 0 fully saturated rings. The van der Waals surface area contributed by atoms with Crippen LogP contribution in [0.4, 0.5) is 13.2 Å². The van der Waals surface area contributed by atoms with E-state index >= 15 is 0 Å². The molecule has 0 amide bonds. The molecule has 2 aromatic rings. The second-order valence-corrected chi connectivity index (χ2v) is 7.68. The van der Waals surface area contributed by atoms with Crippen LogP contribution in [0.5, 0.6) is 0 Å². The van der Waals surface area contributed by atoms with Crippen LogP contribution in [0.3, 0.4) is 0 Å². The predicted molar refractivity (Wildman–Crippen MR) is 88.5 cm³/mol. The number of hydrogen-bond donors (Lipinski definition) is 2. The average Bonchev–Trinajstić information content (AvgIpc) is 2.52. The summed E-state index contributed by atoms with van der Waals surface area (Å²) in [5.74, 6) is -0.559. The van der Waals surface area contributed by atoms with Gasteiger partial charge in [-0.2, -0.15) is 13.2 Å². The third kappa shape index (κ3) is 4.94. The van der Waals surface area contributed by atoms with E-state index < -0.39 is 39.7 Å². The van der Waals surface area contributed by atoms with Crippen LogP contribution in [0, 0.1) is 0 Å². The Morgan fingerprint density at radius 2 is 1.68 bits per heavy atom. The maximum atomic E-state index is 13.3. The highest BCUT2D eigenvalue weighted by atomic mass is 35.5. The maximum absolute atomic E-state index is 13.3. The molecule has 0 spiro atoms. The molecule has 0 radical (unpaired) electrons. The Morgan fingerprint density at radius 3 is 2.24 bits per heavy atom. The Hall–Kier alpha value is -1.61. The molecular formula is C16H15ClF3NO3S. The Kier molecular flexibility index (Phi) is 5.78. The lowest BCUT2D eigenvalue weighted by Gasteiger charge is -2.31. The van der Waals surface area contributed by atoms with Crippen molar-refractivity contribution in [2.75, 3.05) is 6.54 Å². The van der Waals surface area contributed by atoms with Gasteiger partial charge in [-0.3, -0.25) is 0 Å². The SMILES string of the molecule is O=S(=O)(Cc1cccc(Cl)c1)NC[C@@](O)(c1ccccc1)C(F)(F)F. The molecule has 0 aromatic heterocycles. The number of alkyl halides is 3. The van der Waals surface area contributed by atoms with Crippen LogP contribution in [0.1, 0.15) is 11.1 Å². The van der Waals surface area contributed by atoms with Gasteiger partial charge in [-0.15, -0.1) is 0 Å². The van der Waals surface area contributed by atoms with Crippen molar-refractivity contribution in [3.8, 4) is 0 Å². The maximum Gasteiger partial charge on any atom is 0.422 e. The van der Waals surface area contributed by atoms with Gasteiger partial charge in [0.2, 0.25) is 10.0 Å². The van der Waals surface area contributed by atoms with Crippen LogP contribution in [-0.2, 0) is 21.4 Å². The van der Waals surface area contributed by atoms with Gasteiger partial charge in [0.25, 0.3) is 0 Å². The lowest BCUT2D eigenvalue weighted by molar-refractivity contribution is -0.263. The fraction of sp³-hybridized carbons (Fsp3) is 0.250. The van der Waals surface area contributed by atoms with Gasteiger partial charge in [-0.05, 0) is 23.3 Å². The molecule has 0 saturated heterocycles. The number of aliphatic hydroxyl groups is 1. The highest BCUT2D eigenvalue weighted by molar-refractivity contribution is 7.88. The summed E-state index contributed by atoms with van der Waals surface area (Å²) >= 11 is 5.76. The molecule has 136 valence electrons. The summed E-state index contributed by atoms with van der Waals surface area (Å²) in [4.78, 5) is 0. The molecule has 0 aliphatic carbocycles. The minimum atomic E-state index is -5.06. The van der Waals surface area contributed by atoms with E-state index in [9.17, 15) is 26.7 Å². The first-order valence-corrected chi connectivity index (χ1v) is 9.13. The lowest BCUT2D eigenvalue weighted by Crippen LogP contribution is -2.51. The van der Waals surface area contributed by atoms with Crippen molar-refractivity contribution in [2.24, 2.45) is 0 Å². The van der Waals surface area contributed by atoms with E-state index in [0.29, 0.717) is 10.6 Å². The van der Waals surface area contributed by atoms with Gasteiger partial charge in [-0.25, -0.2) is 13.1 Å². The largest absolute Gasteiger partial charge is 0.422 e. The fourth-order valence-corrected chi connectivity index (χ4v) is 3.55. The monoisotopic (exact) mass is 393 g/mol. The average molecular weight is 394 g/mol. The van der Waals surface area contributed by atoms with Crippen molar-refractivity contribution in [3.05, 3.63) is 70.7 Å². The minimum Gasteiger partial charge on any atom is -0.375 e. The standard InChI is InChI=1S/C16H15ClF3NO3S/c17-14-8-4-5-12(9-14)10-25(23,24)21-11-15(22,16(18,19)20)13-6-2-1-3-7-13/h1-9,21-22H,10-11H2/t15-/m1/s1.